The molecule has 188 valence electrons. The lowest BCUT2D eigenvalue weighted by atomic mass is 10.1. The van der Waals surface area contributed by atoms with Crippen LogP contribution >= 0.6 is 0 Å². The van der Waals surface area contributed by atoms with E-state index in [-0.39, 0.29) is 0 Å². The van der Waals surface area contributed by atoms with Gasteiger partial charge in [0, 0.05) is 30.2 Å². The van der Waals surface area contributed by atoms with Crippen molar-refractivity contribution < 1.29 is 9.47 Å². The monoisotopic (exact) mass is 502 g/mol. The van der Waals surface area contributed by atoms with Crippen molar-refractivity contribution in [2.24, 2.45) is 0 Å². The number of nitrogens with two attached hydrogens (primary N) is 1. The molecule has 0 saturated heterocycles. The number of rotatable bonds is 9. The number of fused-ring (bicyclic) bond motifs is 1. The highest BCUT2D eigenvalue weighted by atomic mass is 16.5. The molecule has 0 amide bonds. The second-order valence-corrected chi connectivity index (χ2v) is 8.82. The third-order valence-electron chi connectivity index (χ3n) is 6.28. The van der Waals surface area contributed by atoms with Gasteiger partial charge in [0.15, 0.2) is 5.65 Å². The SMILES string of the molecule is Nc1ncnc2c1c(-c1cccc(OCc3ccccc3)c1)cn2-c1cccc(OCCn2ccnc2)c1. The second kappa shape index (κ2) is 10.5. The van der Waals surface area contributed by atoms with Crippen molar-refractivity contribution in [2.75, 3.05) is 12.3 Å². The molecule has 3 heterocycles. The second-order valence-electron chi connectivity index (χ2n) is 8.82. The van der Waals surface area contributed by atoms with Crippen LogP contribution in [-0.4, -0.2) is 30.7 Å². The van der Waals surface area contributed by atoms with Crippen molar-refractivity contribution in [3.05, 3.63) is 116 Å². The normalized spacial score (nSPS) is 11.1. The smallest absolute Gasteiger partial charge is 0.150 e. The third-order valence-corrected chi connectivity index (χ3v) is 6.28. The van der Waals surface area contributed by atoms with Gasteiger partial charge >= 0.3 is 0 Å². The molecule has 0 aliphatic carbocycles. The Bertz CT molecular complexity index is 1660. The van der Waals surface area contributed by atoms with Crippen molar-refractivity contribution in [3.63, 3.8) is 0 Å². The van der Waals surface area contributed by atoms with Crippen LogP contribution < -0.4 is 15.2 Å². The maximum absolute atomic E-state index is 6.37. The first-order valence-electron chi connectivity index (χ1n) is 12.3. The number of imidazole rings is 1. The molecular weight excluding hydrogens is 476 g/mol. The summed E-state index contributed by atoms with van der Waals surface area (Å²) in [6.45, 7) is 1.74. The maximum Gasteiger partial charge on any atom is 0.150 e. The van der Waals surface area contributed by atoms with E-state index in [1.165, 1.54) is 6.33 Å². The Morgan fingerprint density at radius 1 is 0.842 bits per heavy atom. The van der Waals surface area contributed by atoms with Crippen LogP contribution in [0.25, 0.3) is 27.8 Å². The van der Waals surface area contributed by atoms with Gasteiger partial charge in [0.05, 0.1) is 23.9 Å². The molecule has 3 aromatic carbocycles. The standard InChI is InChI=1S/C30H26N6O2/c31-29-28-27(23-8-4-10-25(16-23)38-19-22-6-2-1-3-7-22)18-36(30(28)34-20-33-29)24-9-5-11-26(17-24)37-15-14-35-13-12-32-21-35/h1-13,16-18,20-21H,14-15,19H2,(H2,31,33,34). The number of benzene rings is 3. The predicted molar refractivity (Wildman–Crippen MR) is 147 cm³/mol. The number of hydrogen-bond acceptors (Lipinski definition) is 6. The average Bonchev–Trinajstić information content (AvgIpc) is 3.62. The van der Waals surface area contributed by atoms with E-state index in [4.69, 9.17) is 15.2 Å². The lowest BCUT2D eigenvalue weighted by Gasteiger charge is -2.10. The van der Waals surface area contributed by atoms with E-state index in [0.717, 1.165) is 44.9 Å². The Labute approximate surface area is 220 Å². The van der Waals surface area contributed by atoms with Gasteiger partial charge in [-0.25, -0.2) is 15.0 Å². The lowest BCUT2D eigenvalue weighted by molar-refractivity contribution is 0.298. The van der Waals surface area contributed by atoms with Crippen LogP contribution in [-0.2, 0) is 13.2 Å². The number of hydrogen-bond donors (Lipinski definition) is 1. The number of ether oxygens (including phenoxy) is 2. The minimum Gasteiger partial charge on any atom is -0.492 e. The van der Waals surface area contributed by atoms with Crippen molar-refractivity contribution in [2.45, 2.75) is 13.2 Å². The van der Waals surface area contributed by atoms with Gasteiger partial charge in [-0.15, -0.1) is 0 Å². The molecule has 8 heteroatoms. The van der Waals surface area contributed by atoms with Crippen LogP contribution in [0.4, 0.5) is 5.82 Å². The van der Waals surface area contributed by atoms with Crippen molar-refractivity contribution in [1.29, 1.82) is 0 Å². The van der Waals surface area contributed by atoms with E-state index in [0.29, 0.717) is 25.6 Å². The van der Waals surface area contributed by atoms with Gasteiger partial charge in [0.2, 0.25) is 0 Å². The first kappa shape index (κ1) is 23.3. The fourth-order valence-corrected chi connectivity index (χ4v) is 4.41. The van der Waals surface area contributed by atoms with Gasteiger partial charge in [-0.3, -0.25) is 0 Å². The van der Waals surface area contributed by atoms with Gasteiger partial charge in [-0.2, -0.15) is 0 Å². The third kappa shape index (κ3) is 4.92. The van der Waals surface area contributed by atoms with Crippen molar-refractivity contribution >= 4 is 16.9 Å². The van der Waals surface area contributed by atoms with Gasteiger partial charge < -0.3 is 24.3 Å². The highest BCUT2D eigenvalue weighted by Crippen LogP contribution is 2.36. The molecule has 6 aromatic rings. The summed E-state index contributed by atoms with van der Waals surface area (Å²) in [5.41, 5.74) is 11.0. The molecule has 8 nitrogen and oxygen atoms in total. The predicted octanol–water partition coefficient (Wildman–Crippen LogP) is 5.52. The fraction of sp³-hybridized carbons (Fsp3) is 0.100. The lowest BCUT2D eigenvalue weighted by Crippen LogP contribution is -2.06. The van der Waals surface area contributed by atoms with Gasteiger partial charge in [-0.1, -0.05) is 48.5 Å². The Morgan fingerprint density at radius 2 is 1.68 bits per heavy atom. The molecule has 0 bridgehead atoms. The molecule has 0 saturated carbocycles. The Kier molecular flexibility index (Phi) is 6.42. The van der Waals surface area contributed by atoms with Crippen LogP contribution in [0.3, 0.4) is 0 Å². The minimum absolute atomic E-state index is 0.423. The minimum atomic E-state index is 0.423. The molecule has 0 aliphatic rings. The molecular formula is C30H26N6O2. The molecule has 0 radical (unpaired) electrons. The van der Waals surface area contributed by atoms with E-state index < -0.39 is 0 Å². The fourth-order valence-electron chi connectivity index (χ4n) is 4.41. The zero-order valence-corrected chi connectivity index (χ0v) is 20.6. The largest absolute Gasteiger partial charge is 0.492 e. The van der Waals surface area contributed by atoms with E-state index in [2.05, 4.69) is 15.0 Å². The molecule has 0 fully saturated rings. The van der Waals surface area contributed by atoms with Gasteiger partial charge in [0.25, 0.3) is 0 Å². The van der Waals surface area contributed by atoms with E-state index >= 15 is 0 Å². The molecule has 0 atom stereocenters. The number of nitrogens with zero attached hydrogens (tertiary/aromatic N) is 5. The highest BCUT2D eigenvalue weighted by Gasteiger charge is 2.17. The van der Waals surface area contributed by atoms with Crippen LogP contribution in [0.15, 0.2) is 110 Å². The first-order chi connectivity index (χ1) is 18.7. The summed E-state index contributed by atoms with van der Waals surface area (Å²) in [6, 6.07) is 26.0. The van der Waals surface area contributed by atoms with E-state index in [1.54, 1.807) is 12.5 Å². The first-order valence-corrected chi connectivity index (χ1v) is 12.3. The number of nitrogen functional groups attached to an aromatic ring is 1. The summed E-state index contributed by atoms with van der Waals surface area (Å²) >= 11 is 0. The van der Waals surface area contributed by atoms with Crippen LogP contribution in [0, 0.1) is 0 Å². The quantitative estimate of drug-likeness (QED) is 0.280. The summed E-state index contributed by atoms with van der Waals surface area (Å²) in [5, 5.41) is 0.791. The molecule has 3 aromatic heterocycles. The van der Waals surface area contributed by atoms with E-state index in [1.807, 2.05) is 100 Å². The topological polar surface area (TPSA) is 93.0 Å². The highest BCUT2D eigenvalue weighted by molar-refractivity contribution is 6.01. The van der Waals surface area contributed by atoms with Crippen LogP contribution in [0.2, 0.25) is 0 Å². The number of aromatic nitrogens is 5. The summed E-state index contributed by atoms with van der Waals surface area (Å²) in [6.07, 6.45) is 8.98. The summed E-state index contributed by atoms with van der Waals surface area (Å²) < 4.78 is 16.1. The zero-order valence-electron chi connectivity index (χ0n) is 20.6. The molecule has 38 heavy (non-hydrogen) atoms. The van der Waals surface area contributed by atoms with Crippen LogP contribution in [0.5, 0.6) is 11.5 Å². The molecule has 6 rings (SSSR count). The Hall–Kier alpha value is -5.11. The maximum atomic E-state index is 6.37. The zero-order chi connectivity index (χ0) is 25.7. The molecule has 0 unspecified atom stereocenters. The van der Waals surface area contributed by atoms with Gasteiger partial charge in [0.1, 0.15) is 36.9 Å². The van der Waals surface area contributed by atoms with Gasteiger partial charge in [-0.05, 0) is 35.4 Å². The number of anilines is 1. The average molecular weight is 503 g/mol. The van der Waals surface area contributed by atoms with Crippen LogP contribution in [0.1, 0.15) is 5.56 Å². The van der Waals surface area contributed by atoms with Crippen molar-refractivity contribution in [3.8, 4) is 28.3 Å². The molecule has 2 N–H and O–H groups in total. The molecule has 0 spiro atoms. The summed E-state index contributed by atoms with van der Waals surface area (Å²) in [5.74, 6) is 1.97. The summed E-state index contributed by atoms with van der Waals surface area (Å²) in [7, 11) is 0. The van der Waals surface area contributed by atoms with Crippen molar-refractivity contribution in [1.82, 2.24) is 24.1 Å². The van der Waals surface area contributed by atoms with E-state index in [9.17, 15) is 0 Å². The molecule has 0 aliphatic heterocycles. The summed E-state index contributed by atoms with van der Waals surface area (Å²) in [4.78, 5) is 12.9. The Morgan fingerprint density at radius 3 is 2.53 bits per heavy atom. The Balaban J connectivity index is 1.31.